The van der Waals surface area contributed by atoms with Gasteiger partial charge in [-0.2, -0.15) is 0 Å². The minimum atomic E-state index is -0.259. The van der Waals surface area contributed by atoms with Crippen LogP contribution < -0.4 is 0 Å². The molecule has 2 aromatic carbocycles. The van der Waals surface area contributed by atoms with Crippen molar-refractivity contribution in [2.75, 3.05) is 0 Å². The molecular weight excluding hydrogens is 241 g/mol. The summed E-state index contributed by atoms with van der Waals surface area (Å²) in [5.74, 6) is 0.272. The van der Waals surface area contributed by atoms with E-state index >= 15 is 0 Å². The quantitative estimate of drug-likeness (QED) is 0.684. The third-order valence-corrected chi connectivity index (χ3v) is 3.08. The normalized spacial score (nSPS) is 11.1. The smallest absolute Gasteiger partial charge is 0.227 e. The van der Waals surface area contributed by atoms with E-state index in [1.54, 1.807) is 12.1 Å². The van der Waals surface area contributed by atoms with Crippen molar-refractivity contribution in [2.24, 2.45) is 0 Å². The number of aromatic nitrogens is 1. The summed E-state index contributed by atoms with van der Waals surface area (Å²) in [5.41, 5.74) is 3.65. The van der Waals surface area contributed by atoms with Gasteiger partial charge in [0.1, 0.15) is 11.3 Å². The lowest BCUT2D eigenvalue weighted by molar-refractivity contribution is 0.615. The number of fused-ring (bicyclic) bond motifs is 1. The molecule has 0 saturated carbocycles. The molecule has 3 aromatic rings. The lowest BCUT2D eigenvalue weighted by Crippen LogP contribution is -1.81. The van der Waals surface area contributed by atoms with E-state index in [1.807, 2.05) is 12.1 Å². The summed E-state index contributed by atoms with van der Waals surface area (Å²) in [5, 5.41) is 0. The third kappa shape index (κ3) is 2.36. The molecule has 0 aliphatic heterocycles. The average Bonchev–Trinajstić information content (AvgIpc) is 2.83. The molecule has 1 heterocycles. The molecule has 0 bridgehead atoms. The Morgan fingerprint density at radius 3 is 2.63 bits per heavy atom. The van der Waals surface area contributed by atoms with Crippen LogP contribution in [-0.2, 0) is 6.42 Å². The Hall–Kier alpha value is -2.16. The first-order valence-electron chi connectivity index (χ1n) is 6.41. The number of hydrogen-bond donors (Lipinski definition) is 0. The Bertz CT molecular complexity index is 700. The number of nitrogens with zero attached hydrogens (tertiary/aromatic N) is 1. The minimum Gasteiger partial charge on any atom is -0.436 e. The van der Waals surface area contributed by atoms with E-state index in [-0.39, 0.29) is 5.82 Å². The van der Waals surface area contributed by atoms with Crippen LogP contribution in [0.2, 0.25) is 0 Å². The Morgan fingerprint density at radius 1 is 1.11 bits per heavy atom. The van der Waals surface area contributed by atoms with Crippen molar-refractivity contribution >= 4 is 11.1 Å². The maximum Gasteiger partial charge on any atom is 0.227 e. The molecule has 0 atom stereocenters. The van der Waals surface area contributed by atoms with Gasteiger partial charge in [-0.3, -0.25) is 0 Å². The highest BCUT2D eigenvalue weighted by Crippen LogP contribution is 2.25. The van der Waals surface area contributed by atoms with E-state index in [2.05, 4.69) is 18.0 Å². The zero-order valence-corrected chi connectivity index (χ0v) is 10.7. The molecule has 0 unspecified atom stereocenters. The molecule has 0 aliphatic rings. The van der Waals surface area contributed by atoms with Crippen molar-refractivity contribution in [3.63, 3.8) is 0 Å². The van der Waals surface area contributed by atoms with Gasteiger partial charge in [0.15, 0.2) is 5.58 Å². The van der Waals surface area contributed by atoms with Crippen molar-refractivity contribution in [3.8, 4) is 11.5 Å². The van der Waals surface area contributed by atoms with Crippen molar-refractivity contribution in [1.29, 1.82) is 0 Å². The van der Waals surface area contributed by atoms with Gasteiger partial charge >= 0.3 is 0 Å². The molecule has 19 heavy (non-hydrogen) atoms. The van der Waals surface area contributed by atoms with E-state index in [0.29, 0.717) is 5.89 Å². The highest BCUT2D eigenvalue weighted by molar-refractivity contribution is 5.76. The Morgan fingerprint density at radius 2 is 1.89 bits per heavy atom. The van der Waals surface area contributed by atoms with Gasteiger partial charge in [-0.05, 0) is 48.4 Å². The highest BCUT2D eigenvalue weighted by atomic mass is 19.1. The minimum absolute atomic E-state index is 0.259. The third-order valence-electron chi connectivity index (χ3n) is 3.08. The molecule has 3 heteroatoms. The molecule has 0 fully saturated rings. The fourth-order valence-electron chi connectivity index (χ4n) is 2.13. The molecule has 1 aromatic heterocycles. The van der Waals surface area contributed by atoms with Gasteiger partial charge in [-0.1, -0.05) is 19.4 Å². The average molecular weight is 255 g/mol. The van der Waals surface area contributed by atoms with Gasteiger partial charge in [0.25, 0.3) is 0 Å². The van der Waals surface area contributed by atoms with Gasteiger partial charge in [-0.15, -0.1) is 0 Å². The van der Waals surface area contributed by atoms with Crippen LogP contribution in [0, 0.1) is 5.82 Å². The van der Waals surface area contributed by atoms with Crippen LogP contribution in [0.4, 0.5) is 4.39 Å². The van der Waals surface area contributed by atoms with Crippen LogP contribution in [0.3, 0.4) is 0 Å². The summed E-state index contributed by atoms with van der Waals surface area (Å²) in [6.45, 7) is 2.15. The van der Waals surface area contributed by atoms with Gasteiger partial charge in [0, 0.05) is 5.56 Å². The first-order chi connectivity index (χ1) is 9.26. The second kappa shape index (κ2) is 4.84. The van der Waals surface area contributed by atoms with E-state index in [1.165, 1.54) is 17.7 Å². The summed E-state index contributed by atoms with van der Waals surface area (Å²) in [6.07, 6.45) is 2.13. The Kier molecular flexibility index (Phi) is 3.03. The molecule has 2 nitrogen and oxygen atoms in total. The lowest BCUT2D eigenvalue weighted by atomic mass is 10.1. The summed E-state index contributed by atoms with van der Waals surface area (Å²) < 4.78 is 18.6. The Balaban J connectivity index is 2.03. The number of oxazole rings is 1. The summed E-state index contributed by atoms with van der Waals surface area (Å²) in [7, 11) is 0. The number of aryl methyl sites for hydroxylation is 1. The van der Waals surface area contributed by atoms with Crippen LogP contribution in [-0.4, -0.2) is 4.98 Å². The van der Waals surface area contributed by atoms with E-state index in [9.17, 15) is 4.39 Å². The fourth-order valence-corrected chi connectivity index (χ4v) is 2.13. The van der Waals surface area contributed by atoms with E-state index in [4.69, 9.17) is 4.42 Å². The predicted molar refractivity (Wildman–Crippen MR) is 73.4 cm³/mol. The van der Waals surface area contributed by atoms with Crippen LogP contribution in [0.5, 0.6) is 0 Å². The number of hydrogen-bond acceptors (Lipinski definition) is 2. The summed E-state index contributed by atoms with van der Waals surface area (Å²) in [4.78, 5) is 4.42. The molecule has 0 spiro atoms. The second-order valence-corrected chi connectivity index (χ2v) is 4.58. The summed E-state index contributed by atoms with van der Waals surface area (Å²) >= 11 is 0. The number of halogens is 1. The number of rotatable bonds is 3. The van der Waals surface area contributed by atoms with Crippen LogP contribution in [0.25, 0.3) is 22.6 Å². The molecule has 3 rings (SSSR count). The van der Waals surface area contributed by atoms with Crippen molar-refractivity contribution in [2.45, 2.75) is 19.8 Å². The SMILES string of the molecule is CCCc1ccc2nc(-c3ccc(F)cc3)oc2c1. The first-order valence-corrected chi connectivity index (χ1v) is 6.41. The van der Waals surface area contributed by atoms with Crippen molar-refractivity contribution in [3.05, 3.63) is 53.8 Å². The van der Waals surface area contributed by atoms with Crippen LogP contribution in [0.1, 0.15) is 18.9 Å². The molecule has 96 valence electrons. The van der Waals surface area contributed by atoms with Gasteiger partial charge in [-0.25, -0.2) is 9.37 Å². The van der Waals surface area contributed by atoms with Crippen molar-refractivity contribution in [1.82, 2.24) is 4.98 Å². The van der Waals surface area contributed by atoms with Crippen LogP contribution >= 0.6 is 0 Å². The van der Waals surface area contributed by atoms with Gasteiger partial charge < -0.3 is 4.42 Å². The largest absolute Gasteiger partial charge is 0.436 e. The molecule has 0 saturated heterocycles. The van der Waals surface area contributed by atoms with Crippen molar-refractivity contribution < 1.29 is 8.81 Å². The summed E-state index contributed by atoms with van der Waals surface area (Å²) in [6, 6.07) is 12.2. The molecule has 0 radical (unpaired) electrons. The Labute approximate surface area is 110 Å². The standard InChI is InChI=1S/C16H14FNO/c1-2-3-11-4-9-14-15(10-11)19-16(18-14)12-5-7-13(17)8-6-12/h4-10H,2-3H2,1H3. The number of benzene rings is 2. The van der Waals surface area contributed by atoms with Gasteiger partial charge in [0.05, 0.1) is 0 Å². The predicted octanol–water partition coefficient (Wildman–Crippen LogP) is 4.59. The van der Waals surface area contributed by atoms with Gasteiger partial charge in [0.2, 0.25) is 5.89 Å². The fraction of sp³-hybridized carbons (Fsp3) is 0.188. The zero-order chi connectivity index (χ0) is 13.2. The molecule has 0 amide bonds. The topological polar surface area (TPSA) is 26.0 Å². The van der Waals surface area contributed by atoms with Crippen LogP contribution in [0.15, 0.2) is 46.9 Å². The second-order valence-electron chi connectivity index (χ2n) is 4.58. The highest BCUT2D eigenvalue weighted by Gasteiger charge is 2.08. The lowest BCUT2D eigenvalue weighted by Gasteiger charge is -1.96. The molecule has 0 N–H and O–H groups in total. The monoisotopic (exact) mass is 255 g/mol. The molecular formula is C16H14FNO. The van der Waals surface area contributed by atoms with E-state index in [0.717, 1.165) is 29.5 Å². The zero-order valence-electron chi connectivity index (χ0n) is 10.7. The van der Waals surface area contributed by atoms with E-state index < -0.39 is 0 Å². The maximum absolute atomic E-state index is 12.9. The first kappa shape index (κ1) is 11.9. The maximum atomic E-state index is 12.9. The molecule has 0 aliphatic carbocycles.